The molecule has 0 atom stereocenters. The number of halogens is 2. The molecule has 0 radical (unpaired) electrons. The molecule has 0 aliphatic carbocycles. The largest absolute Gasteiger partial charge is 0.496 e. The summed E-state index contributed by atoms with van der Waals surface area (Å²) < 4.78 is 36.4. The van der Waals surface area contributed by atoms with E-state index in [1.165, 1.54) is 24.9 Å². The molecule has 0 saturated carbocycles. The number of alkyl halides is 2. The summed E-state index contributed by atoms with van der Waals surface area (Å²) in [6.45, 7) is 8.09. The molecule has 3 aromatic heterocycles. The molecule has 0 spiro atoms. The number of carbonyl (C=O) groups is 1. The Bertz CT molecular complexity index is 1420. The van der Waals surface area contributed by atoms with E-state index in [0.29, 0.717) is 43.2 Å². The number of nitrogens with zero attached hydrogens (tertiary/aromatic N) is 7. The van der Waals surface area contributed by atoms with Crippen LogP contribution in [0.3, 0.4) is 0 Å². The number of hydrogen-bond acceptors (Lipinski definition) is 6. The molecule has 9 nitrogen and oxygen atoms in total. The number of carbonyl (C=O) groups excluding carboxylic acids is 1. The predicted octanol–water partition coefficient (Wildman–Crippen LogP) is 3.83. The van der Waals surface area contributed by atoms with Gasteiger partial charge in [-0.15, -0.1) is 0 Å². The number of fused-ring (bicyclic) bond motifs is 1. The Labute approximate surface area is 213 Å². The summed E-state index contributed by atoms with van der Waals surface area (Å²) in [5.74, 6) is 0.234. The number of para-hydroxylation sites is 1. The molecule has 0 unspecified atom stereocenters. The lowest BCUT2D eigenvalue weighted by molar-refractivity contribution is 0.0629. The molecule has 0 bridgehead atoms. The van der Waals surface area contributed by atoms with Crippen molar-refractivity contribution < 1.29 is 18.3 Å². The van der Waals surface area contributed by atoms with Crippen molar-refractivity contribution in [2.75, 3.05) is 33.3 Å². The summed E-state index contributed by atoms with van der Waals surface area (Å²) in [6.07, 6.45) is 0.598. The molecular weight excluding hydrogens is 480 g/mol. The van der Waals surface area contributed by atoms with E-state index in [1.54, 1.807) is 29.2 Å². The smallest absolute Gasteiger partial charge is 0.280 e. The van der Waals surface area contributed by atoms with Gasteiger partial charge in [0.05, 0.1) is 24.7 Å². The third kappa shape index (κ3) is 4.78. The van der Waals surface area contributed by atoms with Gasteiger partial charge in [0.25, 0.3) is 12.3 Å². The summed E-state index contributed by atoms with van der Waals surface area (Å²) in [5.41, 5.74) is 3.01. The number of aromatic nitrogens is 5. The van der Waals surface area contributed by atoms with Crippen molar-refractivity contribution in [3.05, 3.63) is 65.2 Å². The molecular formula is C26H29F2N7O2. The first kappa shape index (κ1) is 24.8. The van der Waals surface area contributed by atoms with Crippen LogP contribution in [-0.2, 0) is 13.1 Å². The third-order valence-corrected chi connectivity index (χ3v) is 6.76. The Hall–Kier alpha value is -3.86. The molecule has 37 heavy (non-hydrogen) atoms. The van der Waals surface area contributed by atoms with Crippen molar-refractivity contribution in [1.82, 2.24) is 34.2 Å². The van der Waals surface area contributed by atoms with Crippen LogP contribution in [-0.4, -0.2) is 73.4 Å². The Morgan fingerprint density at radius 1 is 1.16 bits per heavy atom. The number of ether oxygens (including phenoxy) is 1. The molecule has 4 aromatic rings. The van der Waals surface area contributed by atoms with Crippen molar-refractivity contribution >= 4 is 11.6 Å². The molecule has 1 aliphatic heterocycles. The van der Waals surface area contributed by atoms with Gasteiger partial charge in [0.2, 0.25) is 0 Å². The van der Waals surface area contributed by atoms with Gasteiger partial charge in [-0.2, -0.15) is 10.2 Å². The van der Waals surface area contributed by atoms with Crippen LogP contribution in [0.4, 0.5) is 8.78 Å². The van der Waals surface area contributed by atoms with Crippen LogP contribution >= 0.6 is 0 Å². The fraction of sp³-hybridized carbons (Fsp3) is 0.385. The molecule has 1 saturated heterocycles. The Morgan fingerprint density at radius 3 is 2.59 bits per heavy atom. The number of aryl methyl sites for hydroxylation is 2. The van der Waals surface area contributed by atoms with Crippen molar-refractivity contribution in [2.45, 2.75) is 33.4 Å². The predicted molar refractivity (Wildman–Crippen MR) is 134 cm³/mol. The van der Waals surface area contributed by atoms with Crippen LogP contribution < -0.4 is 4.74 Å². The molecule has 4 heterocycles. The maximum absolute atomic E-state index is 14.0. The zero-order chi connectivity index (χ0) is 26.1. The quantitative estimate of drug-likeness (QED) is 0.377. The van der Waals surface area contributed by atoms with Gasteiger partial charge in [-0.05, 0) is 32.0 Å². The summed E-state index contributed by atoms with van der Waals surface area (Å²) >= 11 is 0. The molecule has 11 heteroatoms. The minimum atomic E-state index is -2.80. The van der Waals surface area contributed by atoms with E-state index in [0.717, 1.165) is 23.3 Å². The average molecular weight is 510 g/mol. The van der Waals surface area contributed by atoms with Gasteiger partial charge in [-0.1, -0.05) is 12.1 Å². The van der Waals surface area contributed by atoms with Crippen LogP contribution in [0.1, 0.15) is 40.7 Å². The highest BCUT2D eigenvalue weighted by atomic mass is 19.3. The molecule has 5 rings (SSSR count). The molecule has 1 amide bonds. The van der Waals surface area contributed by atoms with Gasteiger partial charge in [0.15, 0.2) is 5.65 Å². The minimum absolute atomic E-state index is 0.105. The molecule has 0 N–H and O–H groups in total. The molecule has 1 fully saturated rings. The highest BCUT2D eigenvalue weighted by molar-refractivity contribution is 6.00. The number of amides is 1. The minimum Gasteiger partial charge on any atom is -0.496 e. The van der Waals surface area contributed by atoms with Gasteiger partial charge in [0.1, 0.15) is 17.0 Å². The maximum Gasteiger partial charge on any atom is 0.280 e. The van der Waals surface area contributed by atoms with E-state index in [4.69, 9.17) is 4.74 Å². The molecule has 1 aromatic carbocycles. The van der Waals surface area contributed by atoms with Crippen LogP contribution in [0.25, 0.3) is 16.9 Å². The fourth-order valence-electron chi connectivity index (χ4n) is 4.68. The van der Waals surface area contributed by atoms with Gasteiger partial charge in [-0.3, -0.25) is 14.4 Å². The second kappa shape index (κ2) is 10.3. The Kier molecular flexibility index (Phi) is 6.88. The first-order valence-corrected chi connectivity index (χ1v) is 12.2. The van der Waals surface area contributed by atoms with Crippen LogP contribution in [0, 0.1) is 6.92 Å². The number of benzene rings is 1. The van der Waals surface area contributed by atoms with Crippen LogP contribution in [0.5, 0.6) is 5.75 Å². The van der Waals surface area contributed by atoms with Gasteiger partial charge >= 0.3 is 0 Å². The molecule has 194 valence electrons. The number of methoxy groups -OCH3 is 1. The number of hydrogen-bond donors (Lipinski definition) is 0. The third-order valence-electron chi connectivity index (χ3n) is 6.76. The summed E-state index contributed by atoms with van der Waals surface area (Å²) in [6, 6.07) is 8.34. The SMILES string of the molecule is CCn1cc(CN2CCN(C(=O)c3cnn4c(C(F)F)cc(-c5ccccc5OC)nc34)CC2)c(C)n1. The van der Waals surface area contributed by atoms with E-state index < -0.39 is 6.43 Å². The monoisotopic (exact) mass is 509 g/mol. The van der Waals surface area contributed by atoms with Crippen molar-refractivity contribution in [1.29, 1.82) is 0 Å². The highest BCUT2D eigenvalue weighted by Crippen LogP contribution is 2.32. The lowest BCUT2D eigenvalue weighted by Crippen LogP contribution is -2.48. The second-order valence-corrected chi connectivity index (χ2v) is 9.02. The van der Waals surface area contributed by atoms with E-state index >= 15 is 0 Å². The van der Waals surface area contributed by atoms with Gasteiger partial charge in [-0.25, -0.2) is 18.3 Å². The number of piperazine rings is 1. The first-order chi connectivity index (χ1) is 17.9. The summed E-state index contributed by atoms with van der Waals surface area (Å²) in [7, 11) is 1.51. The van der Waals surface area contributed by atoms with Crippen LogP contribution in [0.15, 0.2) is 42.7 Å². The highest BCUT2D eigenvalue weighted by Gasteiger charge is 2.28. The fourth-order valence-corrected chi connectivity index (χ4v) is 4.68. The second-order valence-electron chi connectivity index (χ2n) is 9.02. The Balaban J connectivity index is 1.39. The lowest BCUT2D eigenvalue weighted by atomic mass is 10.1. The summed E-state index contributed by atoms with van der Waals surface area (Å²) in [4.78, 5) is 22.1. The van der Waals surface area contributed by atoms with E-state index in [2.05, 4.69) is 33.2 Å². The lowest BCUT2D eigenvalue weighted by Gasteiger charge is -2.34. The first-order valence-electron chi connectivity index (χ1n) is 12.2. The normalized spacial score (nSPS) is 14.6. The van der Waals surface area contributed by atoms with Gasteiger partial charge in [0, 0.05) is 56.6 Å². The standard InChI is InChI=1S/C26H29F2N7O2/c1-4-34-16-18(17(2)31-34)15-32-9-11-33(12-10-32)26(36)20-14-29-35-22(24(27)28)13-21(30-25(20)35)19-7-5-6-8-23(19)37-3/h5-8,13-14,16,24H,4,9-12,15H2,1-3H3. The zero-order valence-electron chi connectivity index (χ0n) is 21.1. The average Bonchev–Trinajstić information content (AvgIpc) is 3.51. The topological polar surface area (TPSA) is 80.8 Å². The zero-order valence-corrected chi connectivity index (χ0v) is 21.1. The Morgan fingerprint density at radius 2 is 1.92 bits per heavy atom. The van der Waals surface area contributed by atoms with Crippen LogP contribution in [0.2, 0.25) is 0 Å². The van der Waals surface area contributed by atoms with Crippen molar-refractivity contribution in [2.24, 2.45) is 0 Å². The van der Waals surface area contributed by atoms with E-state index in [1.807, 2.05) is 11.6 Å². The van der Waals surface area contributed by atoms with Gasteiger partial charge < -0.3 is 9.64 Å². The maximum atomic E-state index is 14.0. The molecule has 1 aliphatic rings. The number of rotatable bonds is 7. The summed E-state index contributed by atoms with van der Waals surface area (Å²) in [5, 5.41) is 8.61. The van der Waals surface area contributed by atoms with Crippen molar-refractivity contribution in [3.8, 4) is 17.0 Å². The van der Waals surface area contributed by atoms with Crippen molar-refractivity contribution in [3.63, 3.8) is 0 Å². The van der Waals surface area contributed by atoms with E-state index in [9.17, 15) is 13.6 Å². The van der Waals surface area contributed by atoms with E-state index in [-0.39, 0.29) is 22.8 Å².